The monoisotopic (exact) mass is 281 g/mol. The Morgan fingerprint density at radius 3 is 1.72 bits per heavy atom. The largest absolute Gasteiger partial charge is 1.00 e. The predicted octanol–water partition coefficient (Wildman–Crippen LogP) is 0.695. The summed E-state index contributed by atoms with van der Waals surface area (Å²) in [5, 5.41) is 20.0. The molecule has 18 heavy (non-hydrogen) atoms. The molecule has 2 N–H and O–H groups in total. The van der Waals surface area contributed by atoms with E-state index in [0.29, 0.717) is 19.5 Å². The lowest BCUT2D eigenvalue weighted by molar-refractivity contribution is -1.13. The quantitative estimate of drug-likeness (QED) is 0.253. The third kappa shape index (κ3) is 8.30. The van der Waals surface area contributed by atoms with E-state index in [4.69, 9.17) is 0 Å². The van der Waals surface area contributed by atoms with Gasteiger partial charge in [0.15, 0.2) is 0 Å². The molecule has 0 saturated carbocycles. The molecule has 0 heterocycles. The maximum atomic E-state index is 10.1. The Morgan fingerprint density at radius 1 is 0.833 bits per heavy atom. The highest BCUT2D eigenvalue weighted by Gasteiger charge is 2.30. The van der Waals surface area contributed by atoms with E-state index in [1.165, 1.54) is 38.5 Å². The van der Waals surface area contributed by atoms with Crippen LogP contribution in [0.3, 0.4) is 0 Å². The summed E-state index contributed by atoms with van der Waals surface area (Å²) in [5.74, 6) is 0. The molecule has 0 aliphatic carbocycles. The molecule has 0 aromatic rings. The number of aliphatic hydroxyl groups excluding tert-OH is 1. The molecular formula is C14H32ClNO2. The first kappa shape index (κ1) is 20.5. The van der Waals surface area contributed by atoms with Gasteiger partial charge in [0.05, 0.1) is 0 Å². The van der Waals surface area contributed by atoms with Crippen LogP contribution in [0, 0.1) is 0 Å². The molecule has 1 unspecified atom stereocenters. The average molecular weight is 282 g/mol. The van der Waals surface area contributed by atoms with Crippen LogP contribution in [0.1, 0.15) is 72.1 Å². The summed E-state index contributed by atoms with van der Waals surface area (Å²) in [5.41, 5.74) is 0. The number of quaternary nitrogens is 1. The number of unbranched alkanes of at least 4 members (excludes halogenated alkanes) is 6. The first-order chi connectivity index (χ1) is 8.10. The predicted molar refractivity (Wildman–Crippen MR) is 71.7 cm³/mol. The molecule has 0 spiro atoms. The number of halogens is 1. The summed E-state index contributed by atoms with van der Waals surface area (Å²) in [4.78, 5) is 0. The van der Waals surface area contributed by atoms with Crippen molar-refractivity contribution in [1.82, 2.24) is 0 Å². The molecule has 0 bridgehead atoms. The number of aliphatic hydroxyl groups is 1. The van der Waals surface area contributed by atoms with Gasteiger partial charge in [-0.15, -0.1) is 0 Å². The van der Waals surface area contributed by atoms with Gasteiger partial charge < -0.3 is 17.5 Å². The molecule has 0 aromatic carbocycles. The lowest BCUT2D eigenvalue weighted by atomic mass is 10.1. The lowest BCUT2D eigenvalue weighted by Crippen LogP contribution is -3.00. The third-order valence-corrected chi connectivity index (χ3v) is 3.72. The second kappa shape index (κ2) is 12.2. The van der Waals surface area contributed by atoms with Crippen molar-refractivity contribution in [2.24, 2.45) is 0 Å². The Balaban J connectivity index is 0. The van der Waals surface area contributed by atoms with Crippen molar-refractivity contribution in [3.05, 3.63) is 0 Å². The van der Waals surface area contributed by atoms with E-state index in [1.54, 1.807) is 0 Å². The van der Waals surface area contributed by atoms with Crippen molar-refractivity contribution in [3.8, 4) is 0 Å². The van der Waals surface area contributed by atoms with Crippen molar-refractivity contribution in [3.63, 3.8) is 0 Å². The normalized spacial score (nSPS) is 13.2. The first-order valence-corrected chi connectivity index (χ1v) is 7.38. The van der Waals surface area contributed by atoms with E-state index < -0.39 is 6.23 Å². The maximum absolute atomic E-state index is 10.1. The van der Waals surface area contributed by atoms with E-state index in [9.17, 15) is 10.3 Å². The van der Waals surface area contributed by atoms with Gasteiger partial charge in [-0.25, -0.2) is 5.21 Å². The molecule has 3 nitrogen and oxygen atoms in total. The summed E-state index contributed by atoms with van der Waals surface area (Å²) < 4.78 is -0.199. The minimum atomic E-state index is -0.611. The summed E-state index contributed by atoms with van der Waals surface area (Å²) in [6, 6.07) is 0. The van der Waals surface area contributed by atoms with Gasteiger partial charge in [-0.1, -0.05) is 45.4 Å². The smallest absolute Gasteiger partial charge is 0.220 e. The number of hydrogen-bond acceptors (Lipinski definition) is 2. The molecule has 112 valence electrons. The maximum Gasteiger partial charge on any atom is 0.220 e. The number of nitrogens with zero attached hydrogens (tertiary/aromatic N) is 1. The Hall–Kier alpha value is 0.170. The summed E-state index contributed by atoms with van der Waals surface area (Å²) >= 11 is 0. The molecule has 0 rings (SSSR count). The van der Waals surface area contributed by atoms with Gasteiger partial charge >= 0.3 is 0 Å². The van der Waals surface area contributed by atoms with Crippen LogP contribution in [0.2, 0.25) is 0 Å². The van der Waals surface area contributed by atoms with E-state index in [-0.39, 0.29) is 17.1 Å². The minimum Gasteiger partial charge on any atom is -1.00 e. The van der Waals surface area contributed by atoms with Crippen LogP contribution in [-0.2, 0) is 0 Å². The molecule has 0 aliphatic heterocycles. The van der Waals surface area contributed by atoms with Crippen molar-refractivity contribution in [2.75, 3.05) is 13.1 Å². The van der Waals surface area contributed by atoms with Crippen molar-refractivity contribution < 1.29 is 27.4 Å². The standard InChI is InChI=1S/C14H32NO2.ClH/c1-4-7-8-9-10-11-12-13-14(16)15(17,5-2)6-3;/h14,16-17H,4-13H2,1-3H3;1H/q+1;/p-1. The number of rotatable bonds is 11. The summed E-state index contributed by atoms with van der Waals surface area (Å²) in [7, 11) is 0. The van der Waals surface area contributed by atoms with Gasteiger partial charge in [0.1, 0.15) is 13.1 Å². The van der Waals surface area contributed by atoms with Gasteiger partial charge in [-0.3, -0.25) is 0 Å². The SMILES string of the molecule is CCCCCCCCCC(O)[N+](O)(CC)CC.[Cl-]. The van der Waals surface area contributed by atoms with Crippen molar-refractivity contribution in [2.45, 2.75) is 78.4 Å². The van der Waals surface area contributed by atoms with E-state index in [0.717, 1.165) is 6.42 Å². The Morgan fingerprint density at radius 2 is 1.28 bits per heavy atom. The van der Waals surface area contributed by atoms with E-state index in [2.05, 4.69) is 6.92 Å². The fraction of sp³-hybridized carbons (Fsp3) is 1.00. The van der Waals surface area contributed by atoms with Crippen LogP contribution in [0.4, 0.5) is 0 Å². The second-order valence-electron chi connectivity index (χ2n) is 5.01. The first-order valence-electron chi connectivity index (χ1n) is 7.38. The number of hydroxylamine groups is 3. The van der Waals surface area contributed by atoms with Crippen molar-refractivity contribution in [1.29, 1.82) is 0 Å². The minimum absolute atomic E-state index is 0. The van der Waals surface area contributed by atoms with Crippen LogP contribution < -0.4 is 12.4 Å². The zero-order valence-corrected chi connectivity index (χ0v) is 13.1. The Bertz CT molecular complexity index is 175. The van der Waals surface area contributed by atoms with Gasteiger partial charge in [-0.2, -0.15) is 4.65 Å². The second-order valence-corrected chi connectivity index (χ2v) is 5.01. The molecule has 0 saturated heterocycles. The Labute approximate surface area is 119 Å². The molecule has 0 aliphatic rings. The van der Waals surface area contributed by atoms with Gasteiger partial charge in [0.2, 0.25) is 6.23 Å². The fourth-order valence-corrected chi connectivity index (χ4v) is 2.17. The zero-order chi connectivity index (χ0) is 13.1. The Kier molecular flexibility index (Phi) is 13.9. The lowest BCUT2D eigenvalue weighted by Gasteiger charge is -2.32. The third-order valence-electron chi connectivity index (χ3n) is 3.72. The summed E-state index contributed by atoms with van der Waals surface area (Å²) in [6.07, 6.45) is 8.83. The van der Waals surface area contributed by atoms with E-state index >= 15 is 0 Å². The highest BCUT2D eigenvalue weighted by atomic mass is 35.5. The fourth-order valence-electron chi connectivity index (χ4n) is 2.17. The highest BCUT2D eigenvalue weighted by molar-refractivity contribution is 4.48. The number of hydrogen-bond donors (Lipinski definition) is 2. The van der Waals surface area contributed by atoms with Crippen LogP contribution in [0.25, 0.3) is 0 Å². The van der Waals surface area contributed by atoms with Crippen LogP contribution in [-0.4, -0.2) is 34.3 Å². The molecular weight excluding hydrogens is 250 g/mol. The van der Waals surface area contributed by atoms with Crippen LogP contribution in [0.15, 0.2) is 0 Å². The van der Waals surface area contributed by atoms with Gasteiger partial charge in [0, 0.05) is 6.42 Å². The molecule has 0 fully saturated rings. The topological polar surface area (TPSA) is 40.5 Å². The van der Waals surface area contributed by atoms with Gasteiger partial charge in [0.25, 0.3) is 0 Å². The van der Waals surface area contributed by atoms with Gasteiger partial charge in [-0.05, 0) is 20.3 Å². The molecule has 0 radical (unpaired) electrons. The molecule has 0 aromatic heterocycles. The zero-order valence-electron chi connectivity index (χ0n) is 12.4. The van der Waals surface area contributed by atoms with E-state index in [1.807, 2.05) is 13.8 Å². The molecule has 4 heteroatoms. The highest BCUT2D eigenvalue weighted by Crippen LogP contribution is 2.15. The van der Waals surface area contributed by atoms with Crippen molar-refractivity contribution >= 4 is 0 Å². The summed E-state index contributed by atoms with van der Waals surface area (Å²) in [6.45, 7) is 7.21. The van der Waals surface area contributed by atoms with Crippen LogP contribution in [0.5, 0.6) is 0 Å². The average Bonchev–Trinajstić information content (AvgIpc) is 2.36. The van der Waals surface area contributed by atoms with Crippen LogP contribution >= 0.6 is 0 Å². The molecule has 1 atom stereocenters. The molecule has 0 amide bonds.